The molecule has 1 aliphatic heterocycles. The number of benzene rings is 3. The van der Waals surface area contributed by atoms with E-state index in [1.54, 1.807) is 0 Å². The number of nitrogens with zero attached hydrogens (tertiary/aromatic N) is 2. The van der Waals surface area contributed by atoms with Gasteiger partial charge < -0.3 is 10.0 Å². The highest BCUT2D eigenvalue weighted by Gasteiger charge is 2.40. The SMILES string of the molecule is CCN1/C(=C/C=C/c2cc[n+](CCO)c3ccccc23)C(C)(C)c2c1ccc1ccccc21. The molecule has 166 valence electrons. The van der Waals surface area contributed by atoms with E-state index in [0.717, 1.165) is 12.1 Å². The highest BCUT2D eigenvalue weighted by Crippen LogP contribution is 2.50. The standard InChI is InChI=1S/C30H31N2O/c1-4-32-27-17-16-22-10-5-6-13-25(22)29(27)30(2,3)28(32)15-9-11-23-18-19-31(20-21-33)26-14-8-7-12-24(23)26/h5-19,33H,4,20-21H2,1-3H3/q+1. The maximum atomic E-state index is 9.40. The van der Waals surface area contributed by atoms with Gasteiger partial charge in [-0.05, 0) is 47.0 Å². The number of hydrogen-bond acceptors (Lipinski definition) is 2. The van der Waals surface area contributed by atoms with E-state index in [1.165, 1.54) is 38.7 Å². The summed E-state index contributed by atoms with van der Waals surface area (Å²) in [7, 11) is 0. The Morgan fingerprint density at radius 3 is 2.48 bits per heavy atom. The molecule has 0 bridgehead atoms. The van der Waals surface area contributed by atoms with Gasteiger partial charge in [-0.3, -0.25) is 0 Å². The minimum absolute atomic E-state index is 0.0839. The van der Waals surface area contributed by atoms with Crippen molar-refractivity contribution >= 4 is 33.4 Å². The molecule has 0 amide bonds. The Morgan fingerprint density at radius 2 is 1.70 bits per heavy atom. The molecule has 1 aromatic heterocycles. The first kappa shape index (κ1) is 21.4. The lowest BCUT2D eigenvalue weighted by molar-refractivity contribution is -0.672. The number of hydrogen-bond donors (Lipinski definition) is 1. The lowest BCUT2D eigenvalue weighted by atomic mass is 9.81. The fraction of sp³-hybridized carbons (Fsp3) is 0.233. The number of allylic oxidation sites excluding steroid dienone is 3. The van der Waals surface area contributed by atoms with Crippen LogP contribution in [0.2, 0.25) is 0 Å². The summed E-state index contributed by atoms with van der Waals surface area (Å²) in [5, 5.41) is 13.2. The van der Waals surface area contributed by atoms with E-state index < -0.39 is 0 Å². The minimum atomic E-state index is -0.0839. The van der Waals surface area contributed by atoms with Crippen molar-refractivity contribution in [1.29, 1.82) is 0 Å². The van der Waals surface area contributed by atoms with Crippen LogP contribution in [-0.4, -0.2) is 18.3 Å². The molecular weight excluding hydrogens is 404 g/mol. The van der Waals surface area contributed by atoms with Gasteiger partial charge in [0.1, 0.15) is 6.61 Å². The smallest absolute Gasteiger partial charge is 0.213 e. The molecule has 0 saturated carbocycles. The van der Waals surface area contributed by atoms with E-state index in [9.17, 15) is 5.11 Å². The van der Waals surface area contributed by atoms with Gasteiger partial charge in [0.15, 0.2) is 12.7 Å². The maximum absolute atomic E-state index is 9.40. The highest BCUT2D eigenvalue weighted by atomic mass is 16.3. The third-order valence-electron chi connectivity index (χ3n) is 6.90. The van der Waals surface area contributed by atoms with E-state index in [-0.39, 0.29) is 12.0 Å². The molecule has 0 atom stereocenters. The predicted octanol–water partition coefficient (Wildman–Crippen LogP) is 5.99. The van der Waals surface area contributed by atoms with Crippen LogP contribution in [0.3, 0.4) is 0 Å². The summed E-state index contributed by atoms with van der Waals surface area (Å²) in [6, 6.07) is 23.7. The summed E-state index contributed by atoms with van der Waals surface area (Å²) < 4.78 is 2.10. The first-order valence-electron chi connectivity index (χ1n) is 11.8. The average Bonchev–Trinajstić information content (AvgIpc) is 3.06. The second-order valence-corrected chi connectivity index (χ2v) is 9.17. The van der Waals surface area contributed by atoms with Gasteiger partial charge in [0.05, 0.1) is 5.39 Å². The van der Waals surface area contributed by atoms with Crippen molar-refractivity contribution in [3.05, 3.63) is 102 Å². The van der Waals surface area contributed by atoms with Gasteiger partial charge >= 0.3 is 0 Å². The molecule has 3 heteroatoms. The third-order valence-corrected chi connectivity index (χ3v) is 6.90. The number of aliphatic hydroxyl groups is 1. The summed E-state index contributed by atoms with van der Waals surface area (Å²) in [5.41, 5.74) is 6.28. The van der Waals surface area contributed by atoms with Gasteiger partial charge in [0.2, 0.25) is 5.52 Å². The monoisotopic (exact) mass is 435 g/mol. The zero-order valence-electron chi connectivity index (χ0n) is 19.6. The van der Waals surface area contributed by atoms with Crippen LogP contribution in [-0.2, 0) is 12.0 Å². The van der Waals surface area contributed by atoms with Crippen molar-refractivity contribution in [2.24, 2.45) is 0 Å². The van der Waals surface area contributed by atoms with Crippen LogP contribution in [0.5, 0.6) is 0 Å². The topological polar surface area (TPSA) is 27.4 Å². The fourth-order valence-corrected chi connectivity index (χ4v) is 5.38. The lowest BCUT2D eigenvalue weighted by Crippen LogP contribution is -2.36. The number of para-hydroxylation sites is 1. The molecule has 0 fully saturated rings. The molecular formula is C30H31N2O+. The normalized spacial score (nSPS) is 16.4. The Morgan fingerprint density at radius 1 is 0.939 bits per heavy atom. The van der Waals surface area contributed by atoms with E-state index >= 15 is 0 Å². The number of aliphatic hydroxyl groups excluding tert-OH is 1. The molecule has 0 saturated heterocycles. The average molecular weight is 436 g/mol. The second kappa shape index (κ2) is 8.49. The third kappa shape index (κ3) is 3.53. The van der Waals surface area contributed by atoms with Gasteiger partial charge in [-0.15, -0.1) is 0 Å². The number of likely N-dealkylation sites (N-methyl/N-ethyl adjacent to an activating group) is 1. The molecule has 3 aromatic carbocycles. The molecule has 1 N–H and O–H groups in total. The quantitative estimate of drug-likeness (QED) is 0.390. The fourth-order valence-electron chi connectivity index (χ4n) is 5.38. The molecule has 4 aromatic rings. The number of anilines is 1. The van der Waals surface area contributed by atoms with E-state index in [1.807, 2.05) is 6.07 Å². The highest BCUT2D eigenvalue weighted by molar-refractivity contribution is 5.95. The predicted molar refractivity (Wildman–Crippen MR) is 138 cm³/mol. The Labute approximate surface area is 195 Å². The Bertz CT molecular complexity index is 1400. The number of pyridine rings is 1. The summed E-state index contributed by atoms with van der Waals surface area (Å²) in [6.45, 7) is 8.56. The van der Waals surface area contributed by atoms with Crippen LogP contribution in [0.25, 0.3) is 27.8 Å². The van der Waals surface area contributed by atoms with Crippen LogP contribution in [0.1, 0.15) is 31.9 Å². The van der Waals surface area contributed by atoms with Crippen molar-refractivity contribution < 1.29 is 9.67 Å². The molecule has 0 aliphatic carbocycles. The Kier molecular flexibility index (Phi) is 5.51. The second-order valence-electron chi connectivity index (χ2n) is 9.17. The number of aromatic nitrogens is 1. The van der Waals surface area contributed by atoms with Gasteiger partial charge in [0.25, 0.3) is 0 Å². The van der Waals surface area contributed by atoms with Gasteiger partial charge in [-0.2, -0.15) is 4.57 Å². The Hall–Kier alpha value is -3.43. The van der Waals surface area contributed by atoms with E-state index in [2.05, 4.69) is 115 Å². The van der Waals surface area contributed by atoms with Crippen LogP contribution in [0.4, 0.5) is 5.69 Å². The largest absolute Gasteiger partial charge is 0.390 e. The number of fused-ring (bicyclic) bond motifs is 4. The van der Waals surface area contributed by atoms with Gasteiger partial charge in [-0.1, -0.05) is 68.5 Å². The van der Waals surface area contributed by atoms with E-state index in [4.69, 9.17) is 0 Å². The first-order valence-corrected chi connectivity index (χ1v) is 11.8. The zero-order valence-corrected chi connectivity index (χ0v) is 19.6. The molecule has 33 heavy (non-hydrogen) atoms. The molecule has 2 heterocycles. The zero-order chi connectivity index (χ0) is 23.0. The maximum Gasteiger partial charge on any atom is 0.213 e. The summed E-state index contributed by atoms with van der Waals surface area (Å²) >= 11 is 0. The van der Waals surface area contributed by atoms with Crippen molar-refractivity contribution in [2.45, 2.75) is 32.7 Å². The minimum Gasteiger partial charge on any atom is -0.390 e. The molecule has 3 nitrogen and oxygen atoms in total. The molecule has 5 rings (SSSR count). The summed E-state index contributed by atoms with van der Waals surface area (Å²) in [6.07, 6.45) is 8.72. The van der Waals surface area contributed by atoms with Crippen molar-refractivity contribution in [3.8, 4) is 0 Å². The van der Waals surface area contributed by atoms with Gasteiger partial charge in [0, 0.05) is 35.5 Å². The van der Waals surface area contributed by atoms with Crippen molar-refractivity contribution in [2.75, 3.05) is 18.1 Å². The van der Waals surface area contributed by atoms with Crippen molar-refractivity contribution in [3.63, 3.8) is 0 Å². The lowest BCUT2D eigenvalue weighted by Gasteiger charge is -2.26. The first-order chi connectivity index (χ1) is 16.1. The van der Waals surface area contributed by atoms with Crippen LogP contribution in [0, 0.1) is 0 Å². The summed E-state index contributed by atoms with van der Waals surface area (Å²) in [4.78, 5) is 2.45. The van der Waals surface area contributed by atoms with Crippen LogP contribution in [0.15, 0.2) is 90.8 Å². The molecule has 1 aliphatic rings. The van der Waals surface area contributed by atoms with E-state index in [0.29, 0.717) is 6.54 Å². The van der Waals surface area contributed by atoms with Gasteiger partial charge in [-0.25, -0.2) is 0 Å². The van der Waals surface area contributed by atoms with Crippen molar-refractivity contribution in [1.82, 2.24) is 0 Å². The molecule has 0 spiro atoms. The van der Waals surface area contributed by atoms with Crippen LogP contribution < -0.4 is 9.47 Å². The summed E-state index contributed by atoms with van der Waals surface area (Å²) in [5.74, 6) is 0. The molecule has 0 radical (unpaired) electrons. The van der Waals surface area contributed by atoms with Crippen LogP contribution >= 0.6 is 0 Å². The molecule has 0 unspecified atom stereocenters. The number of rotatable bonds is 5. The Balaban J connectivity index is 1.57.